The number of amides is 1. The van der Waals surface area contributed by atoms with Crippen LogP contribution in [0.3, 0.4) is 0 Å². The van der Waals surface area contributed by atoms with Gasteiger partial charge in [0.1, 0.15) is 0 Å². The number of rotatable bonds is 6. The molecule has 2 heterocycles. The minimum Gasteiger partial charge on any atom is -0.378 e. The molecule has 1 aromatic rings. The third-order valence-corrected chi connectivity index (χ3v) is 8.49. The molecule has 0 bridgehead atoms. The Labute approximate surface area is 180 Å². The lowest BCUT2D eigenvalue weighted by atomic mass is 10.1. The Morgan fingerprint density at radius 2 is 1.73 bits per heavy atom. The number of sulfonamides is 1. The Bertz CT molecular complexity index is 857. The van der Waals surface area contributed by atoms with Gasteiger partial charge in [0, 0.05) is 45.9 Å². The minimum atomic E-state index is -3.50. The van der Waals surface area contributed by atoms with E-state index >= 15 is 0 Å². The number of aryl methyl sites for hydroxylation is 2. The van der Waals surface area contributed by atoms with Crippen molar-refractivity contribution in [2.75, 3.05) is 52.4 Å². The van der Waals surface area contributed by atoms with E-state index in [-0.39, 0.29) is 5.91 Å². The number of ether oxygens (including phenoxy) is 1. The van der Waals surface area contributed by atoms with E-state index in [2.05, 4.69) is 4.90 Å². The maximum Gasteiger partial charge on any atom is 0.243 e. The van der Waals surface area contributed by atoms with Gasteiger partial charge in [-0.15, -0.1) is 0 Å². The van der Waals surface area contributed by atoms with Gasteiger partial charge in [0.15, 0.2) is 0 Å². The van der Waals surface area contributed by atoms with Crippen molar-refractivity contribution >= 4 is 15.9 Å². The first-order chi connectivity index (χ1) is 14.5. The molecule has 0 radical (unpaired) electrons. The molecule has 30 heavy (non-hydrogen) atoms. The fourth-order valence-electron chi connectivity index (χ4n) is 4.80. The molecular weight excluding hydrogens is 402 g/mol. The molecule has 4 rings (SSSR count). The fraction of sp³-hybridized carbons (Fsp3) is 0.682. The molecule has 0 aromatic heterocycles. The summed E-state index contributed by atoms with van der Waals surface area (Å²) in [5.41, 5.74) is 2.44. The van der Waals surface area contributed by atoms with Crippen LogP contribution in [0.1, 0.15) is 37.3 Å². The van der Waals surface area contributed by atoms with Crippen molar-refractivity contribution in [2.45, 2.75) is 50.0 Å². The summed E-state index contributed by atoms with van der Waals surface area (Å²) in [6, 6.07) is 5.55. The van der Waals surface area contributed by atoms with E-state index in [1.54, 1.807) is 6.07 Å². The van der Waals surface area contributed by atoms with Crippen LogP contribution in [0.5, 0.6) is 0 Å². The summed E-state index contributed by atoms with van der Waals surface area (Å²) < 4.78 is 33.3. The van der Waals surface area contributed by atoms with Gasteiger partial charge in [-0.1, -0.05) is 6.07 Å². The van der Waals surface area contributed by atoms with Crippen molar-refractivity contribution in [3.8, 4) is 0 Å². The number of carbonyl (C=O) groups excluding carboxylic acids is 1. The van der Waals surface area contributed by atoms with E-state index in [1.807, 2.05) is 24.0 Å². The molecule has 8 heteroatoms. The molecule has 166 valence electrons. The lowest BCUT2D eigenvalue weighted by Gasteiger charge is -2.36. The molecule has 0 unspecified atom stereocenters. The molecule has 0 saturated carbocycles. The Morgan fingerprint density at radius 1 is 1.03 bits per heavy atom. The fourth-order valence-corrected chi connectivity index (χ4v) is 6.27. The SMILES string of the molecule is CCOC1CCN(CC(=O)N2CCN(S(=O)(=O)c3ccc4c(c3)CCC4)CC2)CC1. The number of hydrogen-bond acceptors (Lipinski definition) is 5. The van der Waals surface area contributed by atoms with Crippen LogP contribution in [0, 0.1) is 0 Å². The highest BCUT2D eigenvalue weighted by Gasteiger charge is 2.31. The van der Waals surface area contributed by atoms with E-state index in [4.69, 9.17) is 4.74 Å². The third-order valence-electron chi connectivity index (χ3n) is 6.59. The second kappa shape index (κ2) is 9.34. The molecule has 1 aliphatic carbocycles. The summed E-state index contributed by atoms with van der Waals surface area (Å²) >= 11 is 0. The molecule has 1 aromatic carbocycles. The topological polar surface area (TPSA) is 70.2 Å². The molecule has 2 aliphatic heterocycles. The lowest BCUT2D eigenvalue weighted by Crippen LogP contribution is -2.53. The maximum absolute atomic E-state index is 13.1. The zero-order valence-corrected chi connectivity index (χ0v) is 18.7. The molecule has 2 saturated heterocycles. The van der Waals surface area contributed by atoms with Crippen molar-refractivity contribution in [3.05, 3.63) is 29.3 Å². The van der Waals surface area contributed by atoms with Crippen molar-refractivity contribution in [3.63, 3.8) is 0 Å². The summed E-state index contributed by atoms with van der Waals surface area (Å²) in [4.78, 5) is 17.1. The normalized spacial score (nSPS) is 21.7. The molecule has 3 aliphatic rings. The zero-order valence-electron chi connectivity index (χ0n) is 17.9. The largest absolute Gasteiger partial charge is 0.378 e. The highest BCUT2D eigenvalue weighted by atomic mass is 32.2. The van der Waals surface area contributed by atoms with Crippen LogP contribution in [-0.2, 0) is 32.4 Å². The van der Waals surface area contributed by atoms with Gasteiger partial charge in [-0.2, -0.15) is 4.31 Å². The van der Waals surface area contributed by atoms with Crippen LogP contribution in [-0.4, -0.2) is 87.0 Å². The molecule has 0 atom stereocenters. The van der Waals surface area contributed by atoms with Crippen molar-refractivity contribution in [1.29, 1.82) is 0 Å². The number of likely N-dealkylation sites (tertiary alicyclic amines) is 1. The van der Waals surface area contributed by atoms with Gasteiger partial charge in [0.05, 0.1) is 17.5 Å². The Balaban J connectivity index is 1.29. The summed E-state index contributed by atoms with van der Waals surface area (Å²) in [5, 5.41) is 0. The minimum absolute atomic E-state index is 0.0967. The van der Waals surface area contributed by atoms with Crippen molar-refractivity contribution in [1.82, 2.24) is 14.1 Å². The molecular formula is C22H33N3O4S. The predicted molar refractivity (Wildman–Crippen MR) is 115 cm³/mol. The van der Waals surface area contributed by atoms with Crippen LogP contribution in [0.25, 0.3) is 0 Å². The number of fused-ring (bicyclic) bond motifs is 1. The van der Waals surface area contributed by atoms with Gasteiger partial charge < -0.3 is 9.64 Å². The first-order valence-corrected chi connectivity index (χ1v) is 12.6. The van der Waals surface area contributed by atoms with Crippen LogP contribution in [0.15, 0.2) is 23.1 Å². The highest BCUT2D eigenvalue weighted by molar-refractivity contribution is 7.89. The quantitative estimate of drug-likeness (QED) is 0.678. The maximum atomic E-state index is 13.1. The average Bonchev–Trinajstić information content (AvgIpc) is 3.23. The second-order valence-corrected chi connectivity index (χ2v) is 10.4. The number of piperazine rings is 1. The molecule has 1 amide bonds. The smallest absolute Gasteiger partial charge is 0.243 e. The third kappa shape index (κ3) is 4.72. The van der Waals surface area contributed by atoms with E-state index in [0.29, 0.717) is 43.7 Å². The number of carbonyl (C=O) groups is 1. The van der Waals surface area contributed by atoms with Crippen LogP contribution < -0.4 is 0 Å². The Kier molecular flexibility index (Phi) is 6.77. The predicted octanol–water partition coefficient (Wildman–Crippen LogP) is 1.51. The van der Waals surface area contributed by atoms with Crippen LogP contribution >= 0.6 is 0 Å². The number of benzene rings is 1. The summed E-state index contributed by atoms with van der Waals surface area (Å²) in [6.45, 7) is 6.55. The lowest BCUT2D eigenvalue weighted by molar-refractivity contribution is -0.134. The van der Waals surface area contributed by atoms with Gasteiger partial charge in [-0.3, -0.25) is 9.69 Å². The molecule has 0 spiro atoms. The highest BCUT2D eigenvalue weighted by Crippen LogP contribution is 2.26. The van der Waals surface area contributed by atoms with Crippen LogP contribution in [0.2, 0.25) is 0 Å². The van der Waals surface area contributed by atoms with Crippen molar-refractivity contribution < 1.29 is 17.9 Å². The summed E-state index contributed by atoms with van der Waals surface area (Å²) in [6.07, 6.45) is 5.35. The van der Waals surface area contributed by atoms with Gasteiger partial charge in [0.2, 0.25) is 15.9 Å². The Hall–Kier alpha value is -1.48. The second-order valence-electron chi connectivity index (χ2n) is 8.50. The summed E-state index contributed by atoms with van der Waals surface area (Å²) in [5.74, 6) is 0.0967. The van der Waals surface area contributed by atoms with Gasteiger partial charge in [-0.05, 0) is 62.3 Å². The first-order valence-electron chi connectivity index (χ1n) is 11.2. The molecule has 2 fully saturated rings. The van der Waals surface area contributed by atoms with Crippen molar-refractivity contribution in [2.24, 2.45) is 0 Å². The number of nitrogens with zero attached hydrogens (tertiary/aromatic N) is 3. The van der Waals surface area contributed by atoms with Gasteiger partial charge >= 0.3 is 0 Å². The van der Waals surface area contributed by atoms with E-state index < -0.39 is 10.0 Å². The van der Waals surface area contributed by atoms with Crippen LogP contribution in [0.4, 0.5) is 0 Å². The molecule has 0 N–H and O–H groups in total. The van der Waals surface area contributed by atoms with E-state index in [9.17, 15) is 13.2 Å². The van der Waals surface area contributed by atoms with Gasteiger partial charge in [0.25, 0.3) is 0 Å². The zero-order chi connectivity index (χ0) is 21.1. The van der Waals surface area contributed by atoms with Gasteiger partial charge in [-0.25, -0.2) is 8.42 Å². The Morgan fingerprint density at radius 3 is 2.43 bits per heavy atom. The summed E-state index contributed by atoms with van der Waals surface area (Å²) in [7, 11) is -3.50. The number of hydrogen-bond donors (Lipinski definition) is 0. The molecule has 7 nitrogen and oxygen atoms in total. The van der Waals surface area contributed by atoms with E-state index in [0.717, 1.165) is 57.4 Å². The average molecular weight is 436 g/mol. The standard InChI is InChI=1S/C22H33N3O4S/c1-2-29-20-8-10-23(11-9-20)17-22(26)24-12-14-25(15-13-24)30(27,28)21-7-6-18-4-3-5-19(18)16-21/h6-7,16,20H,2-5,8-15,17H2,1H3. The first kappa shape index (κ1) is 21.7. The number of piperidine rings is 1. The van der Waals surface area contributed by atoms with E-state index in [1.165, 1.54) is 9.87 Å². The monoisotopic (exact) mass is 435 g/mol.